The van der Waals surface area contributed by atoms with Crippen molar-refractivity contribution in [3.8, 4) is 0 Å². The maximum absolute atomic E-state index is 11.4. The number of hydrogen-bond donors (Lipinski definition) is 1. The van der Waals surface area contributed by atoms with Crippen molar-refractivity contribution >= 4 is 11.5 Å². The van der Waals surface area contributed by atoms with Crippen LogP contribution in [0.2, 0.25) is 0 Å². The van der Waals surface area contributed by atoms with Gasteiger partial charge in [-0.05, 0) is 20.4 Å². The zero-order valence-corrected chi connectivity index (χ0v) is 12.9. The van der Waals surface area contributed by atoms with E-state index in [1.165, 1.54) is 0 Å². The first-order valence-corrected chi connectivity index (χ1v) is 7.36. The number of rotatable bonds is 5. The fourth-order valence-corrected chi connectivity index (χ4v) is 2.92. The highest BCUT2D eigenvalue weighted by Gasteiger charge is 2.34. The molecule has 1 aliphatic rings. The molecule has 0 aliphatic carbocycles. The van der Waals surface area contributed by atoms with E-state index in [-0.39, 0.29) is 16.7 Å². The maximum Gasteiger partial charge on any atom is 0.333 e. The highest BCUT2D eigenvalue weighted by atomic mass is 16.6. The third-order valence-corrected chi connectivity index (χ3v) is 3.92. The van der Waals surface area contributed by atoms with Crippen LogP contribution in [-0.2, 0) is 6.54 Å². The molecule has 1 saturated heterocycles. The van der Waals surface area contributed by atoms with Crippen LogP contribution in [0.4, 0.5) is 11.5 Å². The number of piperazine rings is 1. The number of aromatic nitrogens is 2. The second kappa shape index (κ2) is 6.40. The van der Waals surface area contributed by atoms with Gasteiger partial charge in [-0.15, -0.1) is 0 Å². The largest absolute Gasteiger partial charge is 0.344 e. The number of nitrogens with zero attached hydrogens (tertiary/aromatic N) is 5. The highest BCUT2D eigenvalue weighted by Crippen LogP contribution is 2.33. The zero-order valence-electron chi connectivity index (χ0n) is 12.9. The molecule has 0 amide bonds. The predicted molar refractivity (Wildman–Crippen MR) is 81.6 cm³/mol. The smallest absolute Gasteiger partial charge is 0.333 e. The molecule has 1 aromatic rings. The molecule has 1 fully saturated rings. The first-order valence-electron chi connectivity index (χ1n) is 7.36. The molecule has 0 spiro atoms. The lowest BCUT2D eigenvalue weighted by atomic mass is 10.1. The summed E-state index contributed by atoms with van der Waals surface area (Å²) in [6.45, 7) is 7.28. The summed E-state index contributed by atoms with van der Waals surface area (Å²) in [5.74, 6) is 0.614. The Bertz CT molecular complexity index is 515. The first kappa shape index (κ1) is 15.7. The van der Waals surface area contributed by atoms with Crippen LogP contribution < -0.4 is 10.6 Å². The van der Waals surface area contributed by atoms with Gasteiger partial charge in [-0.25, -0.2) is 4.68 Å². The number of likely N-dealkylation sites (N-methyl/N-ethyl adjacent to an activating group) is 1. The Hall–Kier alpha value is -1.67. The van der Waals surface area contributed by atoms with Crippen molar-refractivity contribution in [1.29, 1.82) is 0 Å². The van der Waals surface area contributed by atoms with Crippen molar-refractivity contribution in [3.63, 3.8) is 0 Å². The highest BCUT2D eigenvalue weighted by molar-refractivity contribution is 5.62. The monoisotopic (exact) mass is 296 g/mol. The van der Waals surface area contributed by atoms with Crippen LogP contribution in [0.3, 0.4) is 0 Å². The Morgan fingerprint density at radius 1 is 1.48 bits per heavy atom. The van der Waals surface area contributed by atoms with E-state index in [1.807, 2.05) is 14.0 Å². The van der Waals surface area contributed by atoms with Gasteiger partial charge in [0.05, 0.1) is 11.0 Å². The number of nitro groups is 1. The van der Waals surface area contributed by atoms with E-state index in [1.54, 1.807) is 11.6 Å². The molecule has 118 valence electrons. The van der Waals surface area contributed by atoms with Crippen LogP contribution >= 0.6 is 0 Å². The van der Waals surface area contributed by atoms with E-state index in [2.05, 4.69) is 14.9 Å². The Morgan fingerprint density at radius 3 is 2.76 bits per heavy atom. The molecule has 1 atom stereocenters. The number of hydrogen-bond acceptors (Lipinski definition) is 6. The fourth-order valence-electron chi connectivity index (χ4n) is 2.92. The minimum atomic E-state index is -0.324. The van der Waals surface area contributed by atoms with Crippen LogP contribution in [0.5, 0.6) is 0 Å². The first-order chi connectivity index (χ1) is 9.99. The van der Waals surface area contributed by atoms with E-state index < -0.39 is 0 Å². The minimum Gasteiger partial charge on any atom is -0.344 e. The SMILES string of the molecule is CCCn1nc(C)c([N+](=O)[O-])c1N1CCN(C)CC1CN. The Labute approximate surface area is 124 Å². The van der Waals surface area contributed by atoms with Crippen LogP contribution in [-0.4, -0.2) is 58.9 Å². The summed E-state index contributed by atoms with van der Waals surface area (Å²) in [6.07, 6.45) is 0.881. The second-order valence-corrected chi connectivity index (χ2v) is 5.58. The normalized spacial score (nSPS) is 20.0. The molecule has 1 aromatic heterocycles. The van der Waals surface area contributed by atoms with Gasteiger partial charge in [0.15, 0.2) is 0 Å². The van der Waals surface area contributed by atoms with E-state index in [0.29, 0.717) is 24.6 Å². The van der Waals surface area contributed by atoms with Crippen molar-refractivity contribution in [1.82, 2.24) is 14.7 Å². The van der Waals surface area contributed by atoms with Gasteiger partial charge in [0, 0.05) is 32.7 Å². The van der Waals surface area contributed by atoms with Crippen LogP contribution in [0.25, 0.3) is 0 Å². The Morgan fingerprint density at radius 2 is 2.19 bits per heavy atom. The van der Waals surface area contributed by atoms with Crippen molar-refractivity contribution in [2.24, 2.45) is 5.73 Å². The summed E-state index contributed by atoms with van der Waals surface area (Å²) in [7, 11) is 2.04. The molecule has 0 saturated carbocycles. The van der Waals surface area contributed by atoms with Gasteiger partial charge >= 0.3 is 5.69 Å². The van der Waals surface area contributed by atoms with Gasteiger partial charge in [-0.1, -0.05) is 6.92 Å². The van der Waals surface area contributed by atoms with Gasteiger partial charge in [0.25, 0.3) is 0 Å². The molecule has 8 heteroatoms. The van der Waals surface area contributed by atoms with E-state index in [4.69, 9.17) is 5.73 Å². The third-order valence-electron chi connectivity index (χ3n) is 3.92. The standard InChI is InChI=1S/C13H24N6O2/c1-4-5-18-13(12(19(20)21)10(2)15-18)17-7-6-16(3)9-11(17)8-14/h11H,4-9,14H2,1-3H3. The fraction of sp³-hybridized carbons (Fsp3) is 0.769. The minimum absolute atomic E-state index is 0.0779. The lowest BCUT2D eigenvalue weighted by Gasteiger charge is -2.40. The molecule has 2 rings (SSSR count). The Balaban J connectivity index is 2.46. The number of aryl methyl sites for hydroxylation is 2. The Kier molecular flexibility index (Phi) is 4.79. The van der Waals surface area contributed by atoms with Crippen molar-refractivity contribution in [2.45, 2.75) is 32.9 Å². The summed E-state index contributed by atoms with van der Waals surface area (Å²) in [4.78, 5) is 15.4. The van der Waals surface area contributed by atoms with Gasteiger partial charge in [0.2, 0.25) is 5.82 Å². The third kappa shape index (κ3) is 3.01. The van der Waals surface area contributed by atoms with Crippen LogP contribution in [0.1, 0.15) is 19.0 Å². The van der Waals surface area contributed by atoms with E-state index >= 15 is 0 Å². The van der Waals surface area contributed by atoms with Gasteiger partial charge in [-0.2, -0.15) is 5.10 Å². The van der Waals surface area contributed by atoms with E-state index in [0.717, 1.165) is 26.1 Å². The van der Waals surface area contributed by atoms with Crippen LogP contribution in [0, 0.1) is 17.0 Å². The van der Waals surface area contributed by atoms with Gasteiger partial charge in [-0.3, -0.25) is 10.1 Å². The molecule has 2 heterocycles. The molecular formula is C13H24N6O2. The number of nitrogens with two attached hydrogens (primary N) is 1. The molecule has 21 heavy (non-hydrogen) atoms. The van der Waals surface area contributed by atoms with Crippen molar-refractivity contribution < 1.29 is 4.92 Å². The lowest BCUT2D eigenvalue weighted by Crippen LogP contribution is -2.55. The van der Waals surface area contributed by atoms with Gasteiger partial charge in [0.1, 0.15) is 5.69 Å². The predicted octanol–water partition coefficient (Wildman–Crippen LogP) is 0.589. The lowest BCUT2D eigenvalue weighted by molar-refractivity contribution is -0.384. The second-order valence-electron chi connectivity index (χ2n) is 5.58. The number of anilines is 1. The molecular weight excluding hydrogens is 272 g/mol. The molecule has 8 nitrogen and oxygen atoms in total. The zero-order chi connectivity index (χ0) is 15.6. The molecule has 0 radical (unpaired) electrons. The quantitative estimate of drug-likeness (QED) is 0.631. The molecule has 2 N–H and O–H groups in total. The molecule has 0 bridgehead atoms. The summed E-state index contributed by atoms with van der Waals surface area (Å²) >= 11 is 0. The maximum atomic E-state index is 11.4. The van der Waals surface area contributed by atoms with Crippen molar-refractivity contribution in [2.75, 3.05) is 38.1 Å². The van der Waals surface area contributed by atoms with Crippen LogP contribution in [0.15, 0.2) is 0 Å². The van der Waals surface area contributed by atoms with E-state index in [9.17, 15) is 10.1 Å². The van der Waals surface area contributed by atoms with Crippen molar-refractivity contribution in [3.05, 3.63) is 15.8 Å². The summed E-state index contributed by atoms with van der Waals surface area (Å²) in [6, 6.07) is 0.0779. The molecule has 0 aromatic carbocycles. The average Bonchev–Trinajstić information content (AvgIpc) is 2.75. The summed E-state index contributed by atoms with van der Waals surface area (Å²) in [5, 5.41) is 15.8. The molecule has 1 unspecified atom stereocenters. The average molecular weight is 296 g/mol. The molecule has 1 aliphatic heterocycles. The van der Waals surface area contributed by atoms with Gasteiger partial charge < -0.3 is 15.5 Å². The summed E-state index contributed by atoms with van der Waals surface area (Å²) < 4.78 is 1.77. The topological polar surface area (TPSA) is 93.5 Å². The summed E-state index contributed by atoms with van der Waals surface area (Å²) in [5.41, 5.74) is 6.47.